The Hall–Kier alpha value is -3.96. The molecule has 6 fully saturated rings. The molecule has 0 radical (unpaired) electrons. The zero-order valence-electron chi connectivity index (χ0n) is 31.1. The summed E-state index contributed by atoms with van der Waals surface area (Å²) < 4.78 is 39.8. The Morgan fingerprint density at radius 3 is 2.50 bits per heavy atom. The molecule has 0 spiro atoms. The van der Waals surface area contributed by atoms with Crippen molar-refractivity contribution in [3.05, 3.63) is 53.0 Å². The minimum Gasteiger partial charge on any atom is -0.467 e. The number of pyridine rings is 1. The third kappa shape index (κ3) is 8.32. The third-order valence-corrected chi connectivity index (χ3v) is 11.8. The molecule has 3 aromatic rings. The molecule has 14 heteroatoms. The van der Waals surface area contributed by atoms with E-state index >= 15 is 4.39 Å². The molecule has 1 saturated carbocycles. The normalized spacial score (nSPS) is 25.2. The van der Waals surface area contributed by atoms with Gasteiger partial charge in [0.2, 0.25) is 5.91 Å². The van der Waals surface area contributed by atoms with Gasteiger partial charge >= 0.3 is 6.01 Å². The number of alkyl halides is 1. The molecule has 4 unspecified atom stereocenters. The second-order valence-corrected chi connectivity index (χ2v) is 15.3. The number of piperazine rings is 1. The molecule has 11 nitrogen and oxygen atoms in total. The van der Waals surface area contributed by atoms with Crippen LogP contribution in [-0.4, -0.2) is 126 Å². The number of halogens is 3. The minimum absolute atomic E-state index is 0.00530. The SMILES string of the molecule is CC#N.COc1nc(N2CCN(C(=O)/C=C/CN3C4CCC3COC4)CC2)c2cnc(-c3cccc(Cl)c3C3CC3)c(F)c2n1.FC1CC2CCCN2C1. The Labute approximate surface area is 320 Å². The molecule has 5 aliphatic heterocycles. The summed E-state index contributed by atoms with van der Waals surface area (Å²) in [7, 11) is 1.47. The third-order valence-electron chi connectivity index (χ3n) is 11.4. The molecule has 0 N–H and O–H groups in total. The van der Waals surface area contributed by atoms with Crippen LogP contribution in [0, 0.1) is 17.1 Å². The fourth-order valence-corrected chi connectivity index (χ4v) is 8.96. The van der Waals surface area contributed by atoms with Crippen LogP contribution in [0.3, 0.4) is 0 Å². The molecule has 1 aromatic carbocycles. The molecule has 1 amide bonds. The number of nitriles is 1. The highest BCUT2D eigenvalue weighted by atomic mass is 35.5. The predicted octanol–water partition coefficient (Wildman–Crippen LogP) is 6.16. The first-order valence-corrected chi connectivity index (χ1v) is 19.6. The molecular weight excluding hydrogens is 714 g/mol. The van der Waals surface area contributed by atoms with Gasteiger partial charge in [-0.1, -0.05) is 29.8 Å². The number of hydrogen-bond donors (Lipinski definition) is 0. The van der Waals surface area contributed by atoms with Crippen LogP contribution in [0.2, 0.25) is 5.02 Å². The molecule has 9 rings (SSSR count). The number of ether oxygens (including phenoxy) is 2. The summed E-state index contributed by atoms with van der Waals surface area (Å²) in [4.78, 5) is 35.1. The van der Waals surface area contributed by atoms with Crippen molar-refractivity contribution < 1.29 is 23.0 Å². The van der Waals surface area contributed by atoms with Crippen LogP contribution in [0.25, 0.3) is 22.2 Å². The molecule has 7 heterocycles. The molecule has 5 saturated heterocycles. The van der Waals surface area contributed by atoms with Crippen molar-refractivity contribution in [2.75, 3.05) is 71.0 Å². The number of morpholine rings is 1. The number of anilines is 1. The van der Waals surface area contributed by atoms with E-state index < -0.39 is 12.0 Å². The Kier molecular flexibility index (Phi) is 12.2. The molecule has 2 aromatic heterocycles. The molecule has 4 atom stereocenters. The molecule has 54 heavy (non-hydrogen) atoms. The lowest BCUT2D eigenvalue weighted by atomic mass is 9.99. The molecule has 2 bridgehead atoms. The zero-order valence-corrected chi connectivity index (χ0v) is 31.9. The molecule has 6 aliphatic rings. The Morgan fingerprint density at radius 2 is 1.81 bits per heavy atom. The predicted molar refractivity (Wildman–Crippen MR) is 204 cm³/mol. The van der Waals surface area contributed by atoms with Crippen molar-refractivity contribution in [3.63, 3.8) is 0 Å². The van der Waals surface area contributed by atoms with Gasteiger partial charge in [-0.05, 0) is 69.0 Å². The maximum absolute atomic E-state index is 16.1. The average Bonchev–Trinajstić information content (AvgIpc) is 3.76. The van der Waals surface area contributed by atoms with E-state index in [4.69, 9.17) is 26.3 Å². The van der Waals surface area contributed by atoms with E-state index in [1.807, 2.05) is 34.1 Å². The lowest BCUT2D eigenvalue weighted by molar-refractivity contribution is -0.126. The van der Waals surface area contributed by atoms with Crippen molar-refractivity contribution in [3.8, 4) is 23.3 Å². The van der Waals surface area contributed by atoms with Crippen LogP contribution in [0.15, 0.2) is 36.5 Å². The highest BCUT2D eigenvalue weighted by Gasteiger charge is 2.37. The number of benzene rings is 1. The number of carbonyl (C=O) groups excluding carboxylic acids is 1. The number of rotatable bonds is 7. The van der Waals surface area contributed by atoms with Crippen molar-refractivity contribution in [1.29, 1.82) is 5.26 Å². The summed E-state index contributed by atoms with van der Waals surface area (Å²) in [6, 6.07) is 8.91. The van der Waals surface area contributed by atoms with Gasteiger partial charge in [-0.2, -0.15) is 15.2 Å². The van der Waals surface area contributed by atoms with Crippen LogP contribution in [-0.2, 0) is 9.53 Å². The first-order chi connectivity index (χ1) is 26.3. The van der Waals surface area contributed by atoms with Gasteiger partial charge in [-0.15, -0.1) is 0 Å². The number of hydrogen-bond acceptors (Lipinski definition) is 10. The van der Waals surface area contributed by atoms with Crippen LogP contribution < -0.4 is 9.64 Å². The summed E-state index contributed by atoms with van der Waals surface area (Å²) in [5, 5.41) is 8.46. The van der Waals surface area contributed by atoms with Gasteiger partial charge in [0.1, 0.15) is 23.2 Å². The van der Waals surface area contributed by atoms with Gasteiger partial charge in [-0.3, -0.25) is 19.6 Å². The monoisotopic (exact) mass is 762 g/mol. The van der Waals surface area contributed by atoms with Gasteiger partial charge in [-0.25, -0.2) is 8.78 Å². The Bertz CT molecular complexity index is 1850. The van der Waals surface area contributed by atoms with Gasteiger partial charge in [0, 0.05) is 87.2 Å². The van der Waals surface area contributed by atoms with E-state index in [1.165, 1.54) is 39.7 Å². The van der Waals surface area contributed by atoms with Gasteiger partial charge in [0.25, 0.3) is 0 Å². The molecular formula is C40H49ClF2N8O3. The van der Waals surface area contributed by atoms with E-state index in [9.17, 15) is 9.18 Å². The summed E-state index contributed by atoms with van der Waals surface area (Å²) >= 11 is 6.53. The zero-order chi connectivity index (χ0) is 37.8. The smallest absolute Gasteiger partial charge is 0.318 e. The fourth-order valence-electron chi connectivity index (χ4n) is 8.63. The van der Waals surface area contributed by atoms with Crippen LogP contribution >= 0.6 is 11.6 Å². The van der Waals surface area contributed by atoms with E-state index in [-0.39, 0.29) is 23.1 Å². The number of amides is 1. The first kappa shape index (κ1) is 38.3. The number of aromatic nitrogens is 3. The number of methoxy groups -OCH3 is 1. The van der Waals surface area contributed by atoms with Crippen molar-refractivity contribution in [2.24, 2.45) is 0 Å². The van der Waals surface area contributed by atoms with Crippen molar-refractivity contribution >= 4 is 34.2 Å². The second kappa shape index (κ2) is 17.2. The Balaban J connectivity index is 0.000000320. The van der Waals surface area contributed by atoms with Gasteiger partial charge in [0.15, 0.2) is 5.82 Å². The first-order valence-electron chi connectivity index (χ1n) is 19.2. The maximum atomic E-state index is 16.1. The van der Waals surface area contributed by atoms with Crippen LogP contribution in [0.5, 0.6) is 6.01 Å². The lowest BCUT2D eigenvalue weighted by Gasteiger charge is -2.35. The maximum Gasteiger partial charge on any atom is 0.318 e. The standard InChI is InChI=1S/C31H34ClFN6O3.C7H12FN.C2H3N/c1-41-31-35-29-23(16-34-28(27(29)33)22-4-2-5-24(32)26(22)19-7-8-19)30(36-31)38-14-12-37(13-15-38)25(40)6-3-11-39-20-9-10-21(39)18-42-17-20;8-6-4-7-2-1-3-9(7)5-6;1-2-3/h2-6,16,19-21H,7-15,17-18H2,1H3;6-7H,1-5H2;1H3/b6-3+;;. The number of nitrogens with zero attached hydrogens (tertiary/aromatic N) is 8. The van der Waals surface area contributed by atoms with Crippen molar-refractivity contribution in [2.45, 2.75) is 82.1 Å². The quantitative estimate of drug-likeness (QED) is 0.260. The highest BCUT2D eigenvalue weighted by Crippen LogP contribution is 2.48. The molecule has 1 aliphatic carbocycles. The summed E-state index contributed by atoms with van der Waals surface area (Å²) in [5.74, 6) is 0.357. The van der Waals surface area contributed by atoms with E-state index in [1.54, 1.807) is 18.3 Å². The van der Waals surface area contributed by atoms with Crippen molar-refractivity contribution in [1.82, 2.24) is 29.7 Å². The summed E-state index contributed by atoms with van der Waals surface area (Å²) in [6.45, 7) is 7.78. The largest absolute Gasteiger partial charge is 0.467 e. The van der Waals surface area contributed by atoms with Gasteiger partial charge in [0.05, 0.1) is 31.8 Å². The second-order valence-electron chi connectivity index (χ2n) is 14.9. The summed E-state index contributed by atoms with van der Waals surface area (Å²) in [6.07, 6.45) is 12.5. The van der Waals surface area contributed by atoms with Crippen LogP contribution in [0.4, 0.5) is 14.6 Å². The van der Waals surface area contributed by atoms with E-state index in [2.05, 4.69) is 24.8 Å². The lowest BCUT2D eigenvalue weighted by Crippen LogP contribution is -2.49. The van der Waals surface area contributed by atoms with Gasteiger partial charge < -0.3 is 19.3 Å². The topological polar surface area (TPSA) is 111 Å². The number of carbonyl (C=O) groups is 1. The Morgan fingerprint density at radius 1 is 1.07 bits per heavy atom. The van der Waals surface area contributed by atoms with E-state index in [0.717, 1.165) is 51.1 Å². The average molecular weight is 763 g/mol. The molecule has 288 valence electrons. The summed E-state index contributed by atoms with van der Waals surface area (Å²) in [5.41, 5.74) is 2.02. The van der Waals surface area contributed by atoms with Crippen LogP contribution in [0.1, 0.15) is 63.4 Å². The highest BCUT2D eigenvalue weighted by molar-refractivity contribution is 6.32. The minimum atomic E-state index is -0.522. The fraction of sp³-hybridized carbons (Fsp3) is 0.575. The number of fused-ring (bicyclic) bond motifs is 4. The van der Waals surface area contributed by atoms with E-state index in [0.29, 0.717) is 78.6 Å².